The van der Waals surface area contributed by atoms with Crippen LogP contribution in [0, 0.1) is 5.92 Å². The summed E-state index contributed by atoms with van der Waals surface area (Å²) in [5.74, 6) is 0.483. The van der Waals surface area contributed by atoms with Crippen molar-refractivity contribution >= 4 is 10.0 Å². The molecule has 1 N–H and O–H groups in total. The molecule has 1 aromatic carbocycles. The fourth-order valence-corrected chi connectivity index (χ4v) is 4.65. The van der Waals surface area contributed by atoms with Crippen molar-refractivity contribution in [2.45, 2.75) is 51.0 Å². The predicted molar refractivity (Wildman–Crippen MR) is 83.5 cm³/mol. The Morgan fingerprint density at radius 1 is 1.29 bits per heavy atom. The van der Waals surface area contributed by atoms with Crippen molar-refractivity contribution in [3.05, 3.63) is 29.3 Å². The number of aliphatic hydroxyl groups excluding tert-OH is 1. The van der Waals surface area contributed by atoms with Crippen molar-refractivity contribution in [1.82, 2.24) is 4.31 Å². The first-order chi connectivity index (χ1) is 10.0. The van der Waals surface area contributed by atoms with E-state index in [1.165, 1.54) is 0 Å². The minimum absolute atomic E-state index is 0.120. The molecule has 0 spiro atoms. The molecule has 1 heterocycles. The Bertz CT molecular complexity index is 583. The first-order valence-electron chi connectivity index (χ1n) is 7.75. The number of hydrogen-bond acceptors (Lipinski definition) is 3. The van der Waals surface area contributed by atoms with Gasteiger partial charge in [-0.1, -0.05) is 26.3 Å². The third kappa shape index (κ3) is 3.47. The number of sulfonamides is 1. The number of aryl methyl sites for hydroxylation is 1. The normalized spacial score (nSPS) is 20.0. The maximum Gasteiger partial charge on any atom is 0.243 e. The van der Waals surface area contributed by atoms with Crippen LogP contribution in [-0.4, -0.2) is 30.9 Å². The summed E-state index contributed by atoms with van der Waals surface area (Å²) in [4.78, 5) is 0.306. The highest BCUT2D eigenvalue weighted by atomic mass is 32.2. The molecule has 0 bridgehead atoms. The van der Waals surface area contributed by atoms with Crippen LogP contribution in [0.15, 0.2) is 23.1 Å². The molecule has 4 nitrogen and oxygen atoms in total. The van der Waals surface area contributed by atoms with Gasteiger partial charge in [0.05, 0.1) is 11.5 Å². The van der Waals surface area contributed by atoms with Crippen LogP contribution in [-0.2, 0) is 23.1 Å². The lowest BCUT2D eigenvalue weighted by Crippen LogP contribution is -2.29. The van der Waals surface area contributed by atoms with Gasteiger partial charge in [-0.25, -0.2) is 8.42 Å². The van der Waals surface area contributed by atoms with Crippen molar-refractivity contribution in [2.24, 2.45) is 5.92 Å². The van der Waals surface area contributed by atoms with Gasteiger partial charge in [-0.2, -0.15) is 4.31 Å². The number of nitrogens with zero attached hydrogens (tertiary/aromatic N) is 1. The van der Waals surface area contributed by atoms with Crippen LogP contribution in [0.4, 0.5) is 0 Å². The van der Waals surface area contributed by atoms with E-state index in [0.29, 0.717) is 29.5 Å². The molecule has 2 rings (SSSR count). The van der Waals surface area contributed by atoms with Gasteiger partial charge in [0.2, 0.25) is 10.0 Å². The van der Waals surface area contributed by atoms with Crippen LogP contribution in [0.5, 0.6) is 0 Å². The monoisotopic (exact) mass is 311 g/mol. The summed E-state index contributed by atoms with van der Waals surface area (Å²) in [6.45, 7) is 5.24. The van der Waals surface area contributed by atoms with Crippen LogP contribution in [0.25, 0.3) is 0 Å². The molecule has 1 aliphatic heterocycles. The van der Waals surface area contributed by atoms with Crippen LogP contribution in [0.3, 0.4) is 0 Å². The molecule has 1 aromatic rings. The summed E-state index contributed by atoms with van der Waals surface area (Å²) >= 11 is 0. The lowest BCUT2D eigenvalue weighted by molar-refractivity contribution is 0.280. The standard InChI is InChI=1S/C16H25NO3S/c1-3-5-13-8-9-17(11-13)21(19,20)16-7-6-14(4-2)15(10-16)12-18/h6-7,10,13,18H,3-5,8-9,11-12H2,1-2H3. The summed E-state index contributed by atoms with van der Waals surface area (Å²) in [6.07, 6.45) is 3.92. The van der Waals surface area contributed by atoms with Gasteiger partial charge in [-0.15, -0.1) is 0 Å². The van der Waals surface area contributed by atoms with Crippen molar-refractivity contribution in [1.29, 1.82) is 0 Å². The zero-order valence-corrected chi connectivity index (χ0v) is 13.7. The Kier molecular flexibility index (Phi) is 5.41. The van der Waals surface area contributed by atoms with Crippen molar-refractivity contribution in [3.8, 4) is 0 Å². The summed E-state index contributed by atoms with van der Waals surface area (Å²) in [5.41, 5.74) is 1.71. The Morgan fingerprint density at radius 3 is 2.67 bits per heavy atom. The van der Waals surface area contributed by atoms with Gasteiger partial charge in [0.25, 0.3) is 0 Å². The molecule has 1 unspecified atom stereocenters. The lowest BCUT2D eigenvalue weighted by Gasteiger charge is -2.18. The molecule has 1 atom stereocenters. The first-order valence-corrected chi connectivity index (χ1v) is 9.19. The minimum Gasteiger partial charge on any atom is -0.392 e. The van der Waals surface area contributed by atoms with E-state index in [-0.39, 0.29) is 6.61 Å². The molecule has 0 radical (unpaired) electrons. The van der Waals surface area contributed by atoms with Crippen molar-refractivity contribution in [3.63, 3.8) is 0 Å². The predicted octanol–water partition coefficient (Wildman–Crippen LogP) is 2.55. The molecule has 0 aromatic heterocycles. The second-order valence-corrected chi connectivity index (χ2v) is 7.69. The molecular weight excluding hydrogens is 286 g/mol. The lowest BCUT2D eigenvalue weighted by atomic mass is 10.0. The van der Waals surface area contributed by atoms with Gasteiger partial charge in [-0.05, 0) is 48.4 Å². The molecular formula is C16H25NO3S. The van der Waals surface area contributed by atoms with Gasteiger partial charge in [0.15, 0.2) is 0 Å². The zero-order chi connectivity index (χ0) is 15.5. The van der Waals surface area contributed by atoms with Gasteiger partial charge in [0.1, 0.15) is 0 Å². The van der Waals surface area contributed by atoms with E-state index < -0.39 is 10.0 Å². The van der Waals surface area contributed by atoms with E-state index in [2.05, 4.69) is 6.92 Å². The Balaban J connectivity index is 2.24. The van der Waals surface area contributed by atoms with E-state index in [1.807, 2.05) is 13.0 Å². The fourth-order valence-electron chi connectivity index (χ4n) is 3.06. The Hall–Kier alpha value is -0.910. The second kappa shape index (κ2) is 6.90. The third-order valence-electron chi connectivity index (χ3n) is 4.31. The quantitative estimate of drug-likeness (QED) is 0.878. The van der Waals surface area contributed by atoms with Crippen LogP contribution >= 0.6 is 0 Å². The molecule has 1 aliphatic rings. The highest BCUT2D eigenvalue weighted by molar-refractivity contribution is 7.89. The van der Waals surface area contributed by atoms with Crippen LogP contribution in [0.1, 0.15) is 44.2 Å². The molecule has 0 aliphatic carbocycles. The maximum absolute atomic E-state index is 12.7. The van der Waals surface area contributed by atoms with Gasteiger partial charge in [-0.3, -0.25) is 0 Å². The molecule has 118 valence electrons. The molecule has 21 heavy (non-hydrogen) atoms. The number of aliphatic hydroxyl groups is 1. The van der Waals surface area contributed by atoms with Gasteiger partial charge >= 0.3 is 0 Å². The van der Waals surface area contributed by atoms with Crippen LogP contribution in [0.2, 0.25) is 0 Å². The second-order valence-electron chi connectivity index (χ2n) is 5.75. The molecule has 0 saturated carbocycles. The fraction of sp³-hybridized carbons (Fsp3) is 0.625. The van der Waals surface area contributed by atoms with E-state index in [9.17, 15) is 13.5 Å². The van der Waals surface area contributed by atoms with E-state index in [4.69, 9.17) is 0 Å². The summed E-state index contributed by atoms with van der Waals surface area (Å²) in [6, 6.07) is 5.11. The minimum atomic E-state index is -3.43. The molecule has 5 heteroatoms. The number of hydrogen-bond donors (Lipinski definition) is 1. The number of rotatable bonds is 6. The van der Waals surface area contributed by atoms with Gasteiger partial charge < -0.3 is 5.11 Å². The SMILES string of the molecule is CCCC1CCN(S(=O)(=O)c2ccc(CC)c(CO)c2)C1. The third-order valence-corrected chi connectivity index (χ3v) is 6.17. The highest BCUT2D eigenvalue weighted by Crippen LogP contribution is 2.28. The van der Waals surface area contributed by atoms with Crippen LogP contribution < -0.4 is 0 Å². The number of benzene rings is 1. The van der Waals surface area contributed by atoms with Gasteiger partial charge in [0, 0.05) is 13.1 Å². The van der Waals surface area contributed by atoms with Crippen molar-refractivity contribution < 1.29 is 13.5 Å². The summed E-state index contributed by atoms with van der Waals surface area (Å²) in [5, 5.41) is 9.41. The molecule has 0 amide bonds. The Labute approximate surface area is 127 Å². The average molecular weight is 311 g/mol. The average Bonchev–Trinajstić information content (AvgIpc) is 2.96. The summed E-state index contributed by atoms with van der Waals surface area (Å²) < 4.78 is 27.0. The zero-order valence-electron chi connectivity index (χ0n) is 12.9. The van der Waals surface area contributed by atoms with E-state index in [0.717, 1.165) is 31.2 Å². The topological polar surface area (TPSA) is 57.6 Å². The molecule has 1 saturated heterocycles. The van der Waals surface area contributed by atoms with E-state index >= 15 is 0 Å². The van der Waals surface area contributed by atoms with Crippen molar-refractivity contribution in [2.75, 3.05) is 13.1 Å². The first kappa shape index (κ1) is 16.5. The molecule has 1 fully saturated rings. The maximum atomic E-state index is 12.7. The Morgan fingerprint density at radius 2 is 2.05 bits per heavy atom. The largest absolute Gasteiger partial charge is 0.392 e. The summed E-state index contributed by atoms with van der Waals surface area (Å²) in [7, 11) is -3.43. The smallest absolute Gasteiger partial charge is 0.243 e. The highest BCUT2D eigenvalue weighted by Gasteiger charge is 2.32. The van der Waals surface area contributed by atoms with E-state index in [1.54, 1.807) is 16.4 Å².